The predicted octanol–water partition coefficient (Wildman–Crippen LogP) is 2.43. The largest absolute Gasteiger partial charge is 0.335 e. The van der Waals surface area contributed by atoms with E-state index in [1.807, 2.05) is 13.8 Å². The first-order valence-electron chi connectivity index (χ1n) is 7.87. The van der Waals surface area contributed by atoms with Gasteiger partial charge in [0.15, 0.2) is 9.84 Å². The minimum atomic E-state index is -3.00. The maximum Gasteiger partial charge on any atom is 0.227 e. The monoisotopic (exact) mass is 325 g/mol. The number of nitrogens with zero attached hydrogens (tertiary/aromatic N) is 1. The second-order valence-electron chi connectivity index (χ2n) is 7.40. The number of sulfone groups is 1. The van der Waals surface area contributed by atoms with Gasteiger partial charge in [0.05, 0.1) is 17.4 Å². The molecule has 1 amide bonds. The highest BCUT2D eigenvalue weighted by Gasteiger charge is 2.61. The molecule has 0 radical (unpaired) electrons. The van der Waals surface area contributed by atoms with Crippen molar-refractivity contribution in [1.29, 1.82) is 0 Å². The second-order valence-corrected chi connectivity index (χ2v) is 9.63. The van der Waals surface area contributed by atoms with E-state index in [0.717, 1.165) is 0 Å². The van der Waals surface area contributed by atoms with Gasteiger partial charge in [-0.05, 0) is 31.6 Å². The molecule has 1 aliphatic heterocycles. The number of hydrogen-bond acceptors (Lipinski definition) is 3. The Morgan fingerprint density at radius 3 is 2.45 bits per heavy atom. The lowest BCUT2D eigenvalue weighted by Gasteiger charge is -2.27. The Labute approximate surface area is 134 Å². The van der Waals surface area contributed by atoms with Crippen molar-refractivity contribution in [2.24, 2.45) is 17.3 Å². The molecule has 1 saturated heterocycles. The van der Waals surface area contributed by atoms with Crippen molar-refractivity contribution < 1.29 is 13.2 Å². The van der Waals surface area contributed by atoms with E-state index in [2.05, 4.69) is 26.5 Å². The lowest BCUT2D eigenvalue weighted by Crippen LogP contribution is -2.42. The molecule has 3 unspecified atom stereocenters. The zero-order chi connectivity index (χ0) is 16.7. The fraction of sp³-hybridized carbons (Fsp3) is 0.706. The summed E-state index contributed by atoms with van der Waals surface area (Å²) in [4.78, 5) is 14.7. The number of rotatable bonds is 5. The topological polar surface area (TPSA) is 54.5 Å². The van der Waals surface area contributed by atoms with Crippen molar-refractivity contribution in [1.82, 2.24) is 4.90 Å². The molecular weight excluding hydrogens is 298 g/mol. The molecule has 5 heteroatoms. The quantitative estimate of drug-likeness (QED) is 0.730. The number of allylic oxidation sites excluding steroid dienone is 2. The summed E-state index contributed by atoms with van der Waals surface area (Å²) in [5, 5.41) is 0. The zero-order valence-corrected chi connectivity index (χ0v) is 14.8. The lowest BCUT2D eigenvalue weighted by molar-refractivity contribution is -0.134. The van der Waals surface area contributed by atoms with E-state index in [1.165, 1.54) is 5.57 Å². The van der Waals surface area contributed by atoms with E-state index in [4.69, 9.17) is 0 Å². The van der Waals surface area contributed by atoms with E-state index in [-0.39, 0.29) is 40.7 Å². The first kappa shape index (κ1) is 17.3. The van der Waals surface area contributed by atoms with Gasteiger partial charge in [-0.25, -0.2) is 8.42 Å². The molecule has 0 aromatic heterocycles. The van der Waals surface area contributed by atoms with Crippen molar-refractivity contribution >= 4 is 15.7 Å². The van der Waals surface area contributed by atoms with Crippen molar-refractivity contribution in [2.75, 3.05) is 18.1 Å². The summed E-state index contributed by atoms with van der Waals surface area (Å²) < 4.78 is 23.4. The van der Waals surface area contributed by atoms with Gasteiger partial charge >= 0.3 is 0 Å². The van der Waals surface area contributed by atoms with Crippen LogP contribution in [0.25, 0.3) is 0 Å². The van der Waals surface area contributed by atoms with Crippen molar-refractivity contribution in [3.63, 3.8) is 0 Å². The molecule has 0 aromatic carbocycles. The van der Waals surface area contributed by atoms with Gasteiger partial charge in [-0.2, -0.15) is 0 Å². The van der Waals surface area contributed by atoms with Gasteiger partial charge in [0.25, 0.3) is 0 Å². The van der Waals surface area contributed by atoms with Crippen LogP contribution < -0.4 is 0 Å². The Balaban J connectivity index is 2.18. The average molecular weight is 325 g/mol. The molecule has 2 rings (SSSR count). The molecule has 0 aromatic rings. The normalized spacial score (nSPS) is 31.4. The zero-order valence-electron chi connectivity index (χ0n) is 14.0. The number of hydrogen-bond donors (Lipinski definition) is 0. The van der Waals surface area contributed by atoms with Crippen molar-refractivity contribution in [3.05, 3.63) is 24.3 Å². The van der Waals surface area contributed by atoms with E-state index in [9.17, 15) is 13.2 Å². The number of carbonyl (C=O) groups excluding carboxylic acids is 1. The summed E-state index contributed by atoms with van der Waals surface area (Å²) in [5.41, 5.74) is 1.16. The van der Waals surface area contributed by atoms with Gasteiger partial charge in [-0.3, -0.25) is 4.79 Å². The minimum Gasteiger partial charge on any atom is -0.335 e. The van der Waals surface area contributed by atoms with Gasteiger partial charge in [-0.15, -0.1) is 6.58 Å². The molecule has 3 atom stereocenters. The van der Waals surface area contributed by atoms with E-state index in [1.54, 1.807) is 11.0 Å². The molecule has 4 nitrogen and oxygen atoms in total. The van der Waals surface area contributed by atoms with E-state index in [0.29, 0.717) is 13.0 Å². The Bertz CT molecular complexity index is 599. The fourth-order valence-electron chi connectivity index (χ4n) is 3.58. The Kier molecular flexibility index (Phi) is 4.58. The fourth-order valence-corrected chi connectivity index (χ4v) is 5.31. The third-order valence-electron chi connectivity index (χ3n) is 4.95. The molecule has 0 bridgehead atoms. The van der Waals surface area contributed by atoms with E-state index < -0.39 is 9.84 Å². The first-order chi connectivity index (χ1) is 10.1. The highest BCUT2D eigenvalue weighted by Crippen LogP contribution is 2.60. The SMILES string of the molecule is C=CCN(C(=O)C1C(C=C(C)C)C1(C)C)C1CCS(=O)(=O)C1. The maximum absolute atomic E-state index is 13.0. The van der Waals surface area contributed by atoms with Crippen molar-refractivity contribution in [3.8, 4) is 0 Å². The molecule has 2 fully saturated rings. The molecule has 1 saturated carbocycles. The standard InChI is InChI=1S/C17H27NO3S/c1-6-8-18(13-7-9-22(20,21)11-13)16(19)15-14(10-12(2)3)17(15,4)5/h6,10,13-15H,1,7-9,11H2,2-5H3. The van der Waals surface area contributed by atoms with Gasteiger partial charge in [-0.1, -0.05) is 31.6 Å². The van der Waals surface area contributed by atoms with Crippen LogP contribution in [0.1, 0.15) is 34.1 Å². The van der Waals surface area contributed by atoms with Gasteiger partial charge in [0.1, 0.15) is 0 Å². The molecule has 22 heavy (non-hydrogen) atoms. The van der Waals surface area contributed by atoms with Crippen LogP contribution in [0, 0.1) is 17.3 Å². The highest BCUT2D eigenvalue weighted by atomic mass is 32.2. The lowest BCUT2D eigenvalue weighted by atomic mass is 10.1. The molecule has 1 heterocycles. The molecular formula is C17H27NO3S. The third-order valence-corrected chi connectivity index (χ3v) is 6.70. The third kappa shape index (κ3) is 3.29. The van der Waals surface area contributed by atoms with Crippen LogP contribution in [0.3, 0.4) is 0 Å². The molecule has 124 valence electrons. The van der Waals surface area contributed by atoms with Crippen LogP contribution in [0.5, 0.6) is 0 Å². The summed E-state index contributed by atoms with van der Waals surface area (Å²) in [6.45, 7) is 12.4. The number of amides is 1. The summed E-state index contributed by atoms with van der Waals surface area (Å²) in [7, 11) is -3.00. The Morgan fingerprint density at radius 2 is 2.00 bits per heavy atom. The van der Waals surface area contributed by atoms with E-state index >= 15 is 0 Å². The summed E-state index contributed by atoms with van der Waals surface area (Å²) in [6.07, 6.45) is 4.40. The molecule has 1 aliphatic carbocycles. The predicted molar refractivity (Wildman–Crippen MR) is 89.2 cm³/mol. The van der Waals surface area contributed by atoms with Crippen LogP contribution in [-0.4, -0.2) is 43.3 Å². The molecule has 2 aliphatic rings. The van der Waals surface area contributed by atoms with Crippen LogP contribution in [-0.2, 0) is 14.6 Å². The second kappa shape index (κ2) is 5.84. The first-order valence-corrected chi connectivity index (χ1v) is 9.69. The van der Waals surface area contributed by atoms with Gasteiger partial charge in [0, 0.05) is 12.6 Å². The summed E-state index contributed by atoms with van der Waals surface area (Å²) in [5.74, 6) is 0.548. The molecule has 0 N–H and O–H groups in total. The molecule has 0 spiro atoms. The highest BCUT2D eigenvalue weighted by molar-refractivity contribution is 7.91. The van der Waals surface area contributed by atoms with Crippen LogP contribution in [0.15, 0.2) is 24.3 Å². The van der Waals surface area contributed by atoms with Crippen LogP contribution in [0.2, 0.25) is 0 Å². The van der Waals surface area contributed by atoms with Crippen LogP contribution >= 0.6 is 0 Å². The van der Waals surface area contributed by atoms with Crippen LogP contribution in [0.4, 0.5) is 0 Å². The maximum atomic E-state index is 13.0. The van der Waals surface area contributed by atoms with Gasteiger partial charge in [0.2, 0.25) is 5.91 Å². The average Bonchev–Trinajstić information content (AvgIpc) is 2.73. The summed E-state index contributed by atoms with van der Waals surface area (Å²) in [6, 6.07) is -0.195. The smallest absolute Gasteiger partial charge is 0.227 e. The van der Waals surface area contributed by atoms with Gasteiger partial charge < -0.3 is 4.90 Å². The minimum absolute atomic E-state index is 0.0503. The number of carbonyl (C=O) groups is 1. The summed E-state index contributed by atoms with van der Waals surface area (Å²) >= 11 is 0. The Morgan fingerprint density at radius 1 is 1.36 bits per heavy atom. The Hall–Kier alpha value is -1.10. The van der Waals surface area contributed by atoms with Crippen molar-refractivity contribution in [2.45, 2.75) is 40.2 Å².